The molecule has 1 saturated carbocycles. The lowest BCUT2D eigenvalue weighted by molar-refractivity contribution is 0.0869. The van der Waals surface area contributed by atoms with Crippen LogP contribution in [0.2, 0.25) is 0 Å². The molecule has 1 aliphatic carbocycles. The Kier molecular flexibility index (Phi) is 2.06. The number of hydrogen-bond acceptors (Lipinski definition) is 1. The van der Waals surface area contributed by atoms with E-state index in [1.54, 1.807) is 0 Å². The summed E-state index contributed by atoms with van der Waals surface area (Å²) in [5.41, 5.74) is 1.10. The third kappa shape index (κ3) is 1.39. The average molecular weight is 205 g/mol. The molecule has 80 valence electrons. The van der Waals surface area contributed by atoms with Gasteiger partial charge in [-0.25, -0.2) is 4.39 Å². The van der Waals surface area contributed by atoms with Crippen LogP contribution in [-0.2, 0) is 5.67 Å². The van der Waals surface area contributed by atoms with Crippen molar-refractivity contribution in [3.63, 3.8) is 0 Å². The van der Waals surface area contributed by atoms with Crippen LogP contribution in [0.5, 0.6) is 0 Å². The second-order valence-corrected chi connectivity index (χ2v) is 4.78. The van der Waals surface area contributed by atoms with Crippen molar-refractivity contribution in [2.75, 3.05) is 13.1 Å². The summed E-state index contributed by atoms with van der Waals surface area (Å²) in [6.07, 6.45) is 3.78. The van der Waals surface area contributed by atoms with E-state index >= 15 is 0 Å². The Balaban J connectivity index is 1.98. The zero-order valence-corrected chi connectivity index (χ0v) is 8.80. The van der Waals surface area contributed by atoms with Crippen molar-refractivity contribution in [2.45, 2.75) is 30.8 Å². The fourth-order valence-corrected chi connectivity index (χ4v) is 2.52. The predicted molar refractivity (Wildman–Crippen MR) is 58.7 cm³/mol. The van der Waals surface area contributed by atoms with Crippen molar-refractivity contribution < 1.29 is 4.39 Å². The largest absolute Gasteiger partial charge is 0.310 e. The third-order valence-corrected chi connectivity index (χ3v) is 3.80. The van der Waals surface area contributed by atoms with E-state index in [0.717, 1.165) is 5.56 Å². The van der Waals surface area contributed by atoms with Crippen LogP contribution in [0.15, 0.2) is 24.3 Å². The quantitative estimate of drug-likeness (QED) is 0.782. The summed E-state index contributed by atoms with van der Waals surface area (Å²) in [6, 6.07) is 8.07. The smallest absolute Gasteiger partial charge is 0.160 e. The Morgan fingerprint density at radius 2 is 1.93 bits per heavy atom. The normalized spacial score (nSPS) is 24.3. The first-order valence-electron chi connectivity index (χ1n) is 5.79. The topological polar surface area (TPSA) is 12.0 Å². The molecule has 3 rings (SSSR count). The van der Waals surface area contributed by atoms with Gasteiger partial charge in [-0.15, -0.1) is 0 Å². The highest BCUT2D eigenvalue weighted by molar-refractivity contribution is 5.38. The average Bonchev–Trinajstić information content (AvgIpc) is 2.13. The van der Waals surface area contributed by atoms with Crippen LogP contribution in [0.1, 0.15) is 36.3 Å². The molecule has 1 aromatic rings. The molecule has 0 unspecified atom stereocenters. The Bertz CT molecular complexity index is 367. The minimum atomic E-state index is -1.09. The molecule has 1 saturated heterocycles. The molecule has 2 heteroatoms. The molecule has 1 nitrogen and oxygen atoms in total. The molecule has 1 N–H and O–H groups in total. The molecular formula is C13H16FN. The maximum Gasteiger partial charge on any atom is 0.160 e. The number of nitrogens with one attached hydrogen (secondary N) is 1. The summed E-state index contributed by atoms with van der Waals surface area (Å²) < 4.78 is 14.4. The monoisotopic (exact) mass is 205 g/mol. The van der Waals surface area contributed by atoms with E-state index in [1.807, 2.05) is 18.2 Å². The van der Waals surface area contributed by atoms with Gasteiger partial charge in [0.2, 0.25) is 0 Å². The van der Waals surface area contributed by atoms with Crippen LogP contribution in [0.3, 0.4) is 0 Å². The first-order chi connectivity index (χ1) is 7.30. The Labute approximate surface area is 89.7 Å². The molecule has 0 bridgehead atoms. The fourth-order valence-electron chi connectivity index (χ4n) is 2.52. The maximum atomic E-state index is 14.4. The SMILES string of the molecule is FC1(c2ccccc2C2CCC2)CNC1. The highest BCUT2D eigenvalue weighted by atomic mass is 19.1. The highest BCUT2D eigenvalue weighted by Gasteiger charge is 2.41. The van der Waals surface area contributed by atoms with Gasteiger partial charge < -0.3 is 5.32 Å². The van der Waals surface area contributed by atoms with Gasteiger partial charge in [-0.3, -0.25) is 0 Å². The van der Waals surface area contributed by atoms with Gasteiger partial charge in [-0.1, -0.05) is 30.7 Å². The van der Waals surface area contributed by atoms with Crippen molar-refractivity contribution >= 4 is 0 Å². The van der Waals surface area contributed by atoms with E-state index in [2.05, 4.69) is 11.4 Å². The number of alkyl halides is 1. The van der Waals surface area contributed by atoms with Gasteiger partial charge in [0.15, 0.2) is 5.67 Å². The molecule has 15 heavy (non-hydrogen) atoms. The van der Waals surface area contributed by atoms with Crippen molar-refractivity contribution in [2.24, 2.45) is 0 Å². The number of benzene rings is 1. The van der Waals surface area contributed by atoms with Crippen molar-refractivity contribution in [3.05, 3.63) is 35.4 Å². The fraction of sp³-hybridized carbons (Fsp3) is 0.538. The van der Waals surface area contributed by atoms with Crippen LogP contribution in [-0.4, -0.2) is 13.1 Å². The van der Waals surface area contributed by atoms with E-state index < -0.39 is 5.67 Å². The lowest BCUT2D eigenvalue weighted by Crippen LogP contribution is -2.54. The third-order valence-electron chi connectivity index (χ3n) is 3.80. The van der Waals surface area contributed by atoms with Crippen LogP contribution in [0, 0.1) is 0 Å². The van der Waals surface area contributed by atoms with Gasteiger partial charge in [0.1, 0.15) is 0 Å². The summed E-state index contributed by atoms with van der Waals surface area (Å²) in [4.78, 5) is 0. The van der Waals surface area contributed by atoms with Crippen LogP contribution in [0.4, 0.5) is 4.39 Å². The predicted octanol–water partition coefficient (Wildman–Crippen LogP) is 2.72. The molecule has 2 aliphatic rings. The Morgan fingerprint density at radius 3 is 2.47 bits per heavy atom. The van der Waals surface area contributed by atoms with Gasteiger partial charge >= 0.3 is 0 Å². The highest BCUT2D eigenvalue weighted by Crippen LogP contribution is 2.42. The molecule has 0 amide bonds. The van der Waals surface area contributed by atoms with Gasteiger partial charge in [0, 0.05) is 13.1 Å². The van der Waals surface area contributed by atoms with Gasteiger partial charge in [-0.05, 0) is 29.9 Å². The summed E-state index contributed by atoms with van der Waals surface area (Å²) in [5, 5.41) is 3.03. The minimum absolute atomic E-state index is 0.483. The molecule has 1 aromatic carbocycles. The van der Waals surface area contributed by atoms with E-state index in [4.69, 9.17) is 0 Å². The summed E-state index contributed by atoms with van der Waals surface area (Å²) in [5.74, 6) is 0.620. The van der Waals surface area contributed by atoms with E-state index in [1.165, 1.54) is 24.8 Å². The summed E-state index contributed by atoms with van der Waals surface area (Å²) >= 11 is 0. The maximum absolute atomic E-state index is 14.4. The Morgan fingerprint density at radius 1 is 1.20 bits per heavy atom. The molecule has 0 aromatic heterocycles. The first-order valence-corrected chi connectivity index (χ1v) is 5.79. The zero-order chi connectivity index (χ0) is 10.3. The summed E-state index contributed by atoms with van der Waals surface area (Å²) in [7, 11) is 0. The molecule has 0 spiro atoms. The molecule has 2 fully saturated rings. The minimum Gasteiger partial charge on any atom is -0.310 e. The molecule has 0 atom stereocenters. The second kappa shape index (κ2) is 3.31. The standard InChI is InChI=1S/C13H16FN/c14-13(8-15-9-13)12-7-2-1-6-11(12)10-4-3-5-10/h1-2,6-7,10,15H,3-5,8-9H2. The first kappa shape index (κ1) is 9.34. The molecule has 0 radical (unpaired) electrons. The van der Waals surface area contributed by atoms with Crippen molar-refractivity contribution in [1.82, 2.24) is 5.32 Å². The molecule has 1 aliphatic heterocycles. The summed E-state index contributed by atoms with van der Waals surface area (Å²) in [6.45, 7) is 0.966. The van der Waals surface area contributed by atoms with Crippen molar-refractivity contribution in [3.8, 4) is 0 Å². The number of hydrogen-bond donors (Lipinski definition) is 1. The van der Waals surface area contributed by atoms with E-state index in [-0.39, 0.29) is 0 Å². The van der Waals surface area contributed by atoms with Crippen LogP contribution >= 0.6 is 0 Å². The van der Waals surface area contributed by atoms with Gasteiger partial charge in [0.25, 0.3) is 0 Å². The van der Waals surface area contributed by atoms with Crippen molar-refractivity contribution in [1.29, 1.82) is 0 Å². The lowest BCUT2D eigenvalue weighted by atomic mass is 9.74. The number of rotatable bonds is 2. The Hall–Kier alpha value is -0.890. The zero-order valence-electron chi connectivity index (χ0n) is 8.80. The lowest BCUT2D eigenvalue weighted by Gasteiger charge is -2.39. The van der Waals surface area contributed by atoms with E-state index in [0.29, 0.717) is 19.0 Å². The van der Waals surface area contributed by atoms with Crippen LogP contribution in [0.25, 0.3) is 0 Å². The second-order valence-electron chi connectivity index (χ2n) is 4.78. The molecule has 1 heterocycles. The van der Waals surface area contributed by atoms with Crippen LogP contribution < -0.4 is 5.32 Å². The number of halogens is 1. The van der Waals surface area contributed by atoms with Gasteiger partial charge in [-0.2, -0.15) is 0 Å². The molecular weight excluding hydrogens is 189 g/mol. The van der Waals surface area contributed by atoms with E-state index in [9.17, 15) is 4.39 Å². The van der Waals surface area contributed by atoms with Gasteiger partial charge in [0.05, 0.1) is 0 Å².